The normalized spacial score (nSPS) is 10.9. The molecule has 0 bridgehead atoms. The minimum atomic E-state index is -0.688. The van der Waals surface area contributed by atoms with Crippen LogP contribution >= 0.6 is 0 Å². The maximum absolute atomic E-state index is 12.3. The van der Waals surface area contributed by atoms with Crippen molar-refractivity contribution in [3.63, 3.8) is 0 Å². The molecule has 1 heterocycles. The highest BCUT2D eigenvalue weighted by molar-refractivity contribution is 5.97. The van der Waals surface area contributed by atoms with Crippen molar-refractivity contribution in [1.82, 2.24) is 5.43 Å². The second-order valence-electron chi connectivity index (χ2n) is 7.05. The Bertz CT molecular complexity index is 1410. The average Bonchev–Trinajstić information content (AvgIpc) is 3.27. The van der Waals surface area contributed by atoms with Gasteiger partial charge in [-0.25, -0.2) is 5.43 Å². The summed E-state index contributed by atoms with van der Waals surface area (Å²) in [6.07, 6.45) is 1.24. The number of hydrogen-bond donors (Lipinski definition) is 1. The van der Waals surface area contributed by atoms with E-state index in [-0.39, 0.29) is 29.5 Å². The van der Waals surface area contributed by atoms with Crippen LogP contribution in [0, 0.1) is 20.2 Å². The topological polar surface area (TPSA) is 150 Å². The number of furan rings is 1. The highest BCUT2D eigenvalue weighted by atomic mass is 16.6. The number of benzene rings is 3. The molecule has 0 spiro atoms. The van der Waals surface area contributed by atoms with Gasteiger partial charge >= 0.3 is 11.6 Å². The molecule has 0 aliphatic heterocycles. The summed E-state index contributed by atoms with van der Waals surface area (Å²) in [6.45, 7) is 0.172. The summed E-state index contributed by atoms with van der Waals surface area (Å²) in [4.78, 5) is 33.5. The number of carbonyl (C=O) groups is 1. The summed E-state index contributed by atoms with van der Waals surface area (Å²) in [6, 6.07) is 18.8. The molecule has 0 saturated heterocycles. The van der Waals surface area contributed by atoms with Gasteiger partial charge in [0.05, 0.1) is 16.1 Å². The number of non-ortho nitro benzene ring substituents is 1. The van der Waals surface area contributed by atoms with Gasteiger partial charge in [0.2, 0.25) is 0 Å². The van der Waals surface area contributed by atoms with E-state index in [0.717, 1.165) is 5.56 Å². The lowest BCUT2D eigenvalue weighted by molar-refractivity contribution is -0.386. The molecule has 170 valence electrons. The van der Waals surface area contributed by atoms with Crippen molar-refractivity contribution in [1.29, 1.82) is 0 Å². The molecule has 0 unspecified atom stereocenters. The van der Waals surface area contributed by atoms with Crippen molar-refractivity contribution in [3.8, 4) is 5.75 Å². The zero-order valence-electron chi connectivity index (χ0n) is 17.4. The predicted octanol–water partition coefficient (Wildman–Crippen LogP) is 4.59. The molecular weight excluding hydrogens is 444 g/mol. The summed E-state index contributed by atoms with van der Waals surface area (Å²) in [5.41, 5.74) is 3.42. The lowest BCUT2D eigenvalue weighted by Crippen LogP contribution is -2.16. The minimum absolute atomic E-state index is 0.0942. The molecule has 11 heteroatoms. The number of nitrogens with one attached hydrogen (secondary N) is 1. The molecule has 3 aromatic carbocycles. The number of hydrazone groups is 1. The molecule has 0 fully saturated rings. The molecule has 1 N–H and O–H groups in total. The number of ether oxygens (including phenoxy) is 1. The van der Waals surface area contributed by atoms with Gasteiger partial charge in [-0.1, -0.05) is 30.3 Å². The summed E-state index contributed by atoms with van der Waals surface area (Å²) in [5.74, 6) is -0.679. The standard InChI is InChI=1S/C23H16N4O7/c28-23(22-12-17-11-18(26(29)30)7-9-20(17)34-22)25-24-13-16-6-8-21(19(10-16)27(31)32)33-14-15-4-2-1-3-5-15/h1-13H,14H2,(H,25,28)/b24-13-. The Morgan fingerprint density at radius 2 is 1.79 bits per heavy atom. The van der Waals surface area contributed by atoms with E-state index in [4.69, 9.17) is 9.15 Å². The lowest BCUT2D eigenvalue weighted by Gasteiger charge is -2.07. The van der Waals surface area contributed by atoms with E-state index in [0.29, 0.717) is 16.5 Å². The van der Waals surface area contributed by atoms with Crippen LogP contribution in [0.4, 0.5) is 11.4 Å². The number of carbonyl (C=O) groups excluding carboxylic acids is 1. The van der Waals surface area contributed by atoms with Crippen LogP contribution in [0.25, 0.3) is 11.0 Å². The molecule has 4 aromatic rings. The van der Waals surface area contributed by atoms with Crippen molar-refractivity contribution in [3.05, 3.63) is 110 Å². The average molecular weight is 460 g/mol. The van der Waals surface area contributed by atoms with E-state index < -0.39 is 15.8 Å². The van der Waals surface area contributed by atoms with Gasteiger partial charge in [-0.3, -0.25) is 25.0 Å². The second-order valence-corrected chi connectivity index (χ2v) is 7.05. The monoisotopic (exact) mass is 460 g/mol. The lowest BCUT2D eigenvalue weighted by atomic mass is 10.2. The van der Waals surface area contributed by atoms with Crippen LogP contribution in [0.3, 0.4) is 0 Å². The largest absolute Gasteiger partial charge is 0.482 e. The van der Waals surface area contributed by atoms with Gasteiger partial charge < -0.3 is 9.15 Å². The molecule has 1 aromatic heterocycles. The number of amides is 1. The fraction of sp³-hybridized carbons (Fsp3) is 0.0435. The molecule has 4 rings (SSSR count). The van der Waals surface area contributed by atoms with Crippen molar-refractivity contribution < 1.29 is 23.8 Å². The Hall–Kier alpha value is -5.06. The van der Waals surface area contributed by atoms with E-state index in [1.165, 1.54) is 42.6 Å². The smallest absolute Gasteiger partial charge is 0.311 e. The van der Waals surface area contributed by atoms with Crippen LogP contribution in [0.2, 0.25) is 0 Å². The van der Waals surface area contributed by atoms with Gasteiger partial charge in [-0.15, -0.1) is 0 Å². The number of hydrogen-bond acceptors (Lipinski definition) is 8. The highest BCUT2D eigenvalue weighted by Crippen LogP contribution is 2.28. The Morgan fingerprint density at radius 1 is 1.00 bits per heavy atom. The van der Waals surface area contributed by atoms with Crippen LogP contribution in [0.5, 0.6) is 5.75 Å². The van der Waals surface area contributed by atoms with Crippen molar-refractivity contribution in [2.24, 2.45) is 5.10 Å². The maximum atomic E-state index is 12.3. The number of nitro groups is 2. The molecule has 34 heavy (non-hydrogen) atoms. The Labute approximate surface area is 191 Å². The van der Waals surface area contributed by atoms with Crippen LogP contribution < -0.4 is 10.2 Å². The van der Waals surface area contributed by atoms with E-state index >= 15 is 0 Å². The summed E-state index contributed by atoms with van der Waals surface area (Å²) in [7, 11) is 0. The number of nitro benzene ring substituents is 2. The van der Waals surface area contributed by atoms with E-state index in [1.54, 1.807) is 6.07 Å². The second kappa shape index (κ2) is 9.61. The number of fused-ring (bicyclic) bond motifs is 1. The number of rotatable bonds is 8. The van der Waals surface area contributed by atoms with Crippen molar-refractivity contribution >= 4 is 34.5 Å². The summed E-state index contributed by atoms with van der Waals surface area (Å²) >= 11 is 0. The Morgan fingerprint density at radius 3 is 2.53 bits per heavy atom. The van der Waals surface area contributed by atoms with E-state index in [9.17, 15) is 25.0 Å². The van der Waals surface area contributed by atoms with Gasteiger partial charge in [0.25, 0.3) is 5.69 Å². The van der Waals surface area contributed by atoms with E-state index in [1.807, 2.05) is 30.3 Å². The molecule has 1 amide bonds. The van der Waals surface area contributed by atoms with Gasteiger partial charge in [-0.2, -0.15) is 5.10 Å². The van der Waals surface area contributed by atoms with Gasteiger partial charge in [0.1, 0.15) is 12.2 Å². The third-order valence-corrected chi connectivity index (χ3v) is 4.73. The van der Waals surface area contributed by atoms with Crippen molar-refractivity contribution in [2.45, 2.75) is 6.61 Å². The first-order valence-corrected chi connectivity index (χ1v) is 9.87. The van der Waals surface area contributed by atoms with Crippen LogP contribution in [-0.2, 0) is 6.61 Å². The number of nitrogens with zero attached hydrogens (tertiary/aromatic N) is 3. The molecule has 0 atom stereocenters. The third kappa shape index (κ3) is 5.05. The van der Waals surface area contributed by atoms with Gasteiger partial charge in [0.15, 0.2) is 11.5 Å². The first-order valence-electron chi connectivity index (χ1n) is 9.87. The molecule has 0 aliphatic carbocycles. The first kappa shape index (κ1) is 22.1. The van der Waals surface area contributed by atoms with Gasteiger partial charge in [0, 0.05) is 29.1 Å². The minimum Gasteiger partial charge on any atom is -0.482 e. The van der Waals surface area contributed by atoms with Crippen LogP contribution in [0.1, 0.15) is 21.7 Å². The molecule has 0 radical (unpaired) electrons. The third-order valence-electron chi connectivity index (χ3n) is 4.73. The predicted molar refractivity (Wildman–Crippen MR) is 122 cm³/mol. The summed E-state index contributed by atoms with van der Waals surface area (Å²) in [5, 5.41) is 26.5. The first-order chi connectivity index (χ1) is 16.4. The SMILES string of the molecule is O=C(N/N=C\c1ccc(OCc2ccccc2)c([N+](=O)[O-])c1)c1cc2cc([N+](=O)[O-])ccc2o1. The molecule has 11 nitrogen and oxygen atoms in total. The fourth-order valence-corrected chi connectivity index (χ4v) is 3.09. The van der Waals surface area contributed by atoms with Gasteiger partial charge in [-0.05, 0) is 29.8 Å². The Kier molecular flexibility index (Phi) is 6.26. The fourth-order valence-electron chi connectivity index (χ4n) is 3.09. The molecule has 0 aliphatic rings. The van der Waals surface area contributed by atoms with E-state index in [2.05, 4.69) is 10.5 Å². The van der Waals surface area contributed by atoms with Crippen LogP contribution in [0.15, 0.2) is 82.3 Å². The summed E-state index contributed by atoms with van der Waals surface area (Å²) < 4.78 is 11.0. The maximum Gasteiger partial charge on any atom is 0.311 e. The zero-order valence-corrected chi connectivity index (χ0v) is 17.4. The Balaban J connectivity index is 1.44. The van der Waals surface area contributed by atoms with Crippen molar-refractivity contribution in [2.75, 3.05) is 0 Å². The quantitative estimate of drug-likeness (QED) is 0.229. The molecule has 0 saturated carbocycles. The molecular formula is C23H16N4O7. The zero-order chi connectivity index (χ0) is 24.1. The highest BCUT2D eigenvalue weighted by Gasteiger charge is 2.17. The van der Waals surface area contributed by atoms with Crippen LogP contribution in [-0.4, -0.2) is 22.0 Å².